The molecule has 29 heavy (non-hydrogen) atoms. The van der Waals surface area contributed by atoms with Crippen LogP contribution in [0.4, 0.5) is 8.78 Å². The Morgan fingerprint density at radius 3 is 1.83 bits per heavy atom. The van der Waals surface area contributed by atoms with Gasteiger partial charge < -0.3 is 4.55 Å². The molecule has 0 radical (unpaired) electrons. The molecule has 154 valence electrons. The number of benzene rings is 3. The van der Waals surface area contributed by atoms with E-state index in [1.54, 1.807) is 18.2 Å². The van der Waals surface area contributed by atoms with Crippen LogP contribution in [-0.4, -0.2) is 13.0 Å². The standard InChI is InChI=1S/C15H14F2I.C7H8O3S/c1-9-6-10(2)15(11(3)7-9)18-14-5-4-12(16)8-13(14)17;1-6-2-4-7(5-3-6)11(8,9)10/h4-8H,1-3H3;2-5H,1H3,(H,8,9,10)/q+1;/p-1. The van der Waals surface area contributed by atoms with Gasteiger partial charge in [0.05, 0.1) is 4.90 Å². The lowest BCUT2D eigenvalue weighted by Gasteiger charge is -2.05. The van der Waals surface area contributed by atoms with Crippen molar-refractivity contribution >= 4 is 10.1 Å². The minimum Gasteiger partial charge on any atom is -0.744 e. The molecule has 0 N–H and O–H groups in total. The average molecular weight is 530 g/mol. The first-order chi connectivity index (χ1) is 13.5. The predicted octanol–water partition coefficient (Wildman–Crippen LogP) is 1.92. The second-order valence-corrected chi connectivity index (χ2v) is 10.8. The van der Waals surface area contributed by atoms with Gasteiger partial charge in [0, 0.05) is 17.2 Å². The molecule has 0 aliphatic carbocycles. The zero-order valence-electron chi connectivity index (χ0n) is 16.5. The predicted molar refractivity (Wildman–Crippen MR) is 104 cm³/mol. The van der Waals surface area contributed by atoms with E-state index in [2.05, 4.69) is 32.9 Å². The molecule has 0 aliphatic rings. The van der Waals surface area contributed by atoms with E-state index in [0.29, 0.717) is 3.57 Å². The fourth-order valence-electron chi connectivity index (χ4n) is 2.67. The van der Waals surface area contributed by atoms with E-state index in [1.165, 1.54) is 38.5 Å². The Morgan fingerprint density at radius 1 is 0.793 bits per heavy atom. The van der Waals surface area contributed by atoms with Gasteiger partial charge in [-0.15, -0.1) is 0 Å². The van der Waals surface area contributed by atoms with Crippen molar-refractivity contribution in [2.24, 2.45) is 0 Å². The SMILES string of the molecule is Cc1cc(C)c([I+]c2ccc(F)cc2F)c(C)c1.Cc1ccc(S(=O)(=O)[O-])cc1. The zero-order valence-corrected chi connectivity index (χ0v) is 19.4. The summed E-state index contributed by atoms with van der Waals surface area (Å²) in [6, 6.07) is 13.9. The van der Waals surface area contributed by atoms with Gasteiger partial charge in [-0.05, 0) is 52.0 Å². The van der Waals surface area contributed by atoms with Gasteiger partial charge in [-0.2, -0.15) is 0 Å². The molecule has 3 rings (SSSR count). The highest BCUT2D eigenvalue weighted by molar-refractivity contribution is 7.85. The number of halogens is 3. The number of rotatable bonds is 3. The lowest BCUT2D eigenvalue weighted by molar-refractivity contribution is -0.601. The van der Waals surface area contributed by atoms with Gasteiger partial charge in [-0.3, -0.25) is 0 Å². The number of hydrogen-bond donors (Lipinski definition) is 0. The fraction of sp³-hybridized carbons (Fsp3) is 0.182. The molecule has 0 spiro atoms. The number of aryl methyl sites for hydroxylation is 4. The lowest BCUT2D eigenvalue weighted by Crippen LogP contribution is -3.62. The smallest absolute Gasteiger partial charge is 0.361 e. The van der Waals surface area contributed by atoms with E-state index < -0.39 is 43.0 Å². The maximum atomic E-state index is 13.7. The summed E-state index contributed by atoms with van der Waals surface area (Å²) in [6.45, 7) is 7.98. The first-order valence-corrected chi connectivity index (χ1v) is 12.2. The van der Waals surface area contributed by atoms with Crippen LogP contribution in [0.25, 0.3) is 0 Å². The maximum absolute atomic E-state index is 13.7. The summed E-state index contributed by atoms with van der Waals surface area (Å²) >= 11 is -0.604. The molecule has 0 aromatic heterocycles. The zero-order chi connectivity index (χ0) is 21.8. The van der Waals surface area contributed by atoms with Crippen LogP contribution in [-0.2, 0) is 10.1 Å². The fourth-order valence-corrected chi connectivity index (χ4v) is 5.65. The summed E-state index contributed by atoms with van der Waals surface area (Å²) in [5, 5.41) is 0. The van der Waals surface area contributed by atoms with E-state index in [0.717, 1.165) is 11.6 Å². The van der Waals surface area contributed by atoms with E-state index in [9.17, 15) is 21.8 Å². The molecular weight excluding hydrogens is 509 g/mol. The molecule has 0 unspecified atom stereocenters. The van der Waals surface area contributed by atoms with Crippen molar-refractivity contribution < 1.29 is 43.0 Å². The Kier molecular flexibility index (Phi) is 7.90. The molecule has 0 fully saturated rings. The Bertz CT molecular complexity index is 1090. The van der Waals surface area contributed by atoms with Crippen molar-refractivity contribution in [2.75, 3.05) is 0 Å². The second-order valence-electron chi connectivity index (χ2n) is 6.63. The van der Waals surface area contributed by atoms with Crippen LogP contribution < -0.4 is 21.2 Å². The van der Waals surface area contributed by atoms with E-state index in [1.807, 2.05) is 6.92 Å². The largest absolute Gasteiger partial charge is 0.744 e. The molecule has 0 amide bonds. The topological polar surface area (TPSA) is 57.2 Å². The van der Waals surface area contributed by atoms with E-state index >= 15 is 0 Å². The van der Waals surface area contributed by atoms with Gasteiger partial charge >= 0.3 is 21.2 Å². The van der Waals surface area contributed by atoms with Crippen molar-refractivity contribution in [2.45, 2.75) is 32.6 Å². The minimum absolute atomic E-state index is 0.178. The third kappa shape index (κ3) is 6.87. The Morgan fingerprint density at radius 2 is 1.34 bits per heavy atom. The molecule has 0 saturated carbocycles. The Labute approximate surface area is 180 Å². The average Bonchev–Trinajstić information content (AvgIpc) is 2.60. The molecule has 0 saturated heterocycles. The van der Waals surface area contributed by atoms with Gasteiger partial charge in [0.15, 0.2) is 9.39 Å². The lowest BCUT2D eigenvalue weighted by atomic mass is 10.1. The number of hydrogen-bond acceptors (Lipinski definition) is 3. The van der Waals surface area contributed by atoms with E-state index in [-0.39, 0.29) is 4.90 Å². The van der Waals surface area contributed by atoms with Crippen LogP contribution in [0.3, 0.4) is 0 Å². The third-order valence-corrected chi connectivity index (χ3v) is 8.51. The highest BCUT2D eigenvalue weighted by Gasteiger charge is 2.25. The van der Waals surface area contributed by atoms with Crippen molar-refractivity contribution in [3.05, 3.63) is 95.6 Å². The van der Waals surface area contributed by atoms with Crippen LogP contribution in [0, 0.1) is 46.5 Å². The summed E-state index contributed by atoms with van der Waals surface area (Å²) in [4.78, 5) is -0.178. The normalized spacial score (nSPS) is 11.0. The van der Waals surface area contributed by atoms with Crippen LogP contribution in [0.1, 0.15) is 22.3 Å². The monoisotopic (exact) mass is 530 g/mol. The van der Waals surface area contributed by atoms with Crippen LogP contribution in [0.15, 0.2) is 59.5 Å². The van der Waals surface area contributed by atoms with Crippen LogP contribution in [0.2, 0.25) is 0 Å². The van der Waals surface area contributed by atoms with Gasteiger partial charge in [-0.25, -0.2) is 17.2 Å². The molecule has 0 heterocycles. The van der Waals surface area contributed by atoms with Crippen molar-refractivity contribution in [3.8, 4) is 0 Å². The molecule has 0 aliphatic heterocycles. The third-order valence-electron chi connectivity index (χ3n) is 3.97. The van der Waals surface area contributed by atoms with Crippen molar-refractivity contribution in [1.29, 1.82) is 0 Å². The second kappa shape index (κ2) is 9.77. The first-order valence-electron chi connectivity index (χ1n) is 8.67. The highest BCUT2D eigenvalue weighted by atomic mass is 127. The van der Waals surface area contributed by atoms with Gasteiger partial charge in [0.1, 0.15) is 15.9 Å². The summed E-state index contributed by atoms with van der Waals surface area (Å²) in [5.41, 5.74) is 4.54. The Balaban J connectivity index is 0.000000234. The quantitative estimate of drug-likeness (QED) is 0.296. The van der Waals surface area contributed by atoms with Crippen LogP contribution in [0.5, 0.6) is 0 Å². The molecule has 3 aromatic rings. The molecule has 3 aromatic carbocycles. The Hall–Kier alpha value is -1.84. The first kappa shape index (κ1) is 23.4. The van der Waals surface area contributed by atoms with Gasteiger partial charge in [0.2, 0.25) is 3.57 Å². The summed E-state index contributed by atoms with van der Waals surface area (Å²) < 4.78 is 59.6. The molecule has 7 heteroatoms. The van der Waals surface area contributed by atoms with E-state index in [4.69, 9.17) is 0 Å². The van der Waals surface area contributed by atoms with Gasteiger partial charge in [-0.1, -0.05) is 35.4 Å². The molecule has 0 atom stereocenters. The summed E-state index contributed by atoms with van der Waals surface area (Å²) in [5.74, 6) is -0.945. The highest BCUT2D eigenvalue weighted by Crippen LogP contribution is 2.09. The summed E-state index contributed by atoms with van der Waals surface area (Å²) in [7, 11) is -4.27. The summed E-state index contributed by atoms with van der Waals surface area (Å²) in [6.07, 6.45) is 0. The van der Waals surface area contributed by atoms with Crippen molar-refractivity contribution in [1.82, 2.24) is 0 Å². The van der Waals surface area contributed by atoms with Gasteiger partial charge in [0.25, 0.3) is 0 Å². The van der Waals surface area contributed by atoms with Crippen molar-refractivity contribution in [3.63, 3.8) is 0 Å². The molecule has 0 bridgehead atoms. The molecular formula is C22H21F2IO3S. The van der Waals surface area contributed by atoms with Crippen LogP contribution >= 0.6 is 0 Å². The maximum Gasteiger partial charge on any atom is 0.361 e. The minimum atomic E-state index is -4.27. The molecule has 3 nitrogen and oxygen atoms in total.